The third-order valence-corrected chi connectivity index (χ3v) is 4.66. The first-order valence-corrected chi connectivity index (χ1v) is 7.42. The lowest BCUT2D eigenvalue weighted by Crippen LogP contribution is -2.03. The molecule has 19 heavy (non-hydrogen) atoms. The fraction of sp³-hybridized carbons (Fsp3) is 0.400. The average molecular weight is 272 g/mol. The molecule has 0 spiro atoms. The van der Waals surface area contributed by atoms with E-state index >= 15 is 0 Å². The SMILES string of the molecule is CC(=O)c1cc2ncc(C3=CCCC(C)C3)nc2s1. The number of fused-ring (bicyclic) bond motifs is 1. The number of hydrogen-bond acceptors (Lipinski definition) is 4. The van der Waals surface area contributed by atoms with Gasteiger partial charge < -0.3 is 0 Å². The topological polar surface area (TPSA) is 42.9 Å². The van der Waals surface area contributed by atoms with Gasteiger partial charge in [0.25, 0.3) is 0 Å². The van der Waals surface area contributed by atoms with E-state index in [1.54, 1.807) is 6.92 Å². The summed E-state index contributed by atoms with van der Waals surface area (Å²) in [6.45, 7) is 3.86. The third kappa shape index (κ3) is 2.45. The van der Waals surface area contributed by atoms with Gasteiger partial charge in [-0.3, -0.25) is 9.78 Å². The number of hydrogen-bond donors (Lipinski definition) is 0. The highest BCUT2D eigenvalue weighted by molar-refractivity contribution is 7.20. The lowest BCUT2D eigenvalue weighted by molar-refractivity contribution is 0.102. The van der Waals surface area contributed by atoms with Crippen molar-refractivity contribution >= 4 is 33.0 Å². The molecule has 3 nitrogen and oxygen atoms in total. The van der Waals surface area contributed by atoms with Crippen LogP contribution in [0.15, 0.2) is 18.3 Å². The van der Waals surface area contributed by atoms with E-state index in [0.717, 1.165) is 33.8 Å². The van der Waals surface area contributed by atoms with Gasteiger partial charge in [-0.1, -0.05) is 13.0 Å². The monoisotopic (exact) mass is 272 g/mol. The van der Waals surface area contributed by atoms with Crippen molar-refractivity contribution in [1.29, 1.82) is 0 Å². The van der Waals surface area contributed by atoms with Crippen LogP contribution in [0.25, 0.3) is 15.9 Å². The van der Waals surface area contributed by atoms with Crippen LogP contribution < -0.4 is 0 Å². The fourth-order valence-corrected chi connectivity index (χ4v) is 3.34. The van der Waals surface area contributed by atoms with Crippen LogP contribution in [0.1, 0.15) is 48.5 Å². The summed E-state index contributed by atoms with van der Waals surface area (Å²) in [5.74, 6) is 0.797. The summed E-state index contributed by atoms with van der Waals surface area (Å²) in [4.78, 5) is 22.1. The molecule has 1 atom stereocenters. The van der Waals surface area contributed by atoms with Crippen LogP contribution in [0.5, 0.6) is 0 Å². The van der Waals surface area contributed by atoms with Crippen molar-refractivity contribution in [1.82, 2.24) is 9.97 Å². The van der Waals surface area contributed by atoms with Gasteiger partial charge in [0.1, 0.15) is 10.3 Å². The second-order valence-corrected chi connectivity index (χ2v) is 6.26. The molecule has 4 heteroatoms. The van der Waals surface area contributed by atoms with Crippen molar-refractivity contribution in [2.45, 2.75) is 33.1 Å². The first-order chi connectivity index (χ1) is 9.13. The summed E-state index contributed by atoms with van der Waals surface area (Å²) in [7, 11) is 0. The highest BCUT2D eigenvalue weighted by Gasteiger charge is 2.15. The molecule has 0 saturated carbocycles. The summed E-state index contributed by atoms with van der Waals surface area (Å²) in [5.41, 5.74) is 3.09. The molecule has 1 aliphatic carbocycles. The Balaban J connectivity index is 2.01. The number of carbonyl (C=O) groups excluding carboxylic acids is 1. The van der Waals surface area contributed by atoms with E-state index in [9.17, 15) is 4.79 Å². The summed E-state index contributed by atoms with van der Waals surface area (Å²) >= 11 is 1.43. The number of thiophene rings is 1. The van der Waals surface area contributed by atoms with Crippen LogP contribution in [-0.2, 0) is 0 Å². The lowest BCUT2D eigenvalue weighted by atomic mass is 9.89. The van der Waals surface area contributed by atoms with Gasteiger partial charge in [0.2, 0.25) is 0 Å². The molecule has 0 amide bonds. The van der Waals surface area contributed by atoms with Crippen molar-refractivity contribution in [2.75, 3.05) is 0 Å². The van der Waals surface area contributed by atoms with E-state index in [1.807, 2.05) is 12.3 Å². The van der Waals surface area contributed by atoms with Crippen LogP contribution in [0, 0.1) is 5.92 Å². The number of ketones is 1. The largest absolute Gasteiger partial charge is 0.294 e. The predicted molar refractivity (Wildman–Crippen MR) is 78.4 cm³/mol. The summed E-state index contributed by atoms with van der Waals surface area (Å²) in [6.07, 6.45) is 7.56. The lowest BCUT2D eigenvalue weighted by Gasteiger charge is -2.18. The van der Waals surface area contributed by atoms with E-state index in [0.29, 0.717) is 5.92 Å². The Morgan fingerprint density at radius 3 is 3.05 bits per heavy atom. The minimum Gasteiger partial charge on any atom is -0.294 e. The number of carbonyl (C=O) groups is 1. The van der Waals surface area contributed by atoms with Crippen molar-refractivity contribution in [2.24, 2.45) is 5.92 Å². The first-order valence-electron chi connectivity index (χ1n) is 6.60. The zero-order valence-electron chi connectivity index (χ0n) is 11.1. The molecule has 2 aromatic rings. The second-order valence-electron chi connectivity index (χ2n) is 5.23. The molecule has 2 heterocycles. The van der Waals surface area contributed by atoms with Crippen molar-refractivity contribution < 1.29 is 4.79 Å². The predicted octanol–water partition coefficient (Wildman–Crippen LogP) is 4.10. The minimum absolute atomic E-state index is 0.0804. The van der Waals surface area contributed by atoms with E-state index in [2.05, 4.69) is 23.0 Å². The Hall–Kier alpha value is -1.55. The van der Waals surface area contributed by atoms with Gasteiger partial charge >= 0.3 is 0 Å². The fourth-order valence-electron chi connectivity index (χ4n) is 2.45. The molecule has 0 fully saturated rings. The number of allylic oxidation sites excluding steroid dienone is 2. The first kappa shape index (κ1) is 12.5. The van der Waals surface area contributed by atoms with Gasteiger partial charge in [0.05, 0.1) is 16.8 Å². The quantitative estimate of drug-likeness (QED) is 0.773. The smallest absolute Gasteiger partial charge is 0.169 e. The van der Waals surface area contributed by atoms with Gasteiger partial charge in [-0.2, -0.15) is 0 Å². The van der Waals surface area contributed by atoms with E-state index < -0.39 is 0 Å². The highest BCUT2D eigenvalue weighted by Crippen LogP contribution is 2.31. The number of Topliss-reactive ketones (excluding diaryl/α,β-unsaturated/α-hetero) is 1. The summed E-state index contributed by atoms with van der Waals surface area (Å²) in [6, 6.07) is 1.83. The maximum atomic E-state index is 11.4. The van der Waals surface area contributed by atoms with E-state index in [1.165, 1.54) is 23.3 Å². The Morgan fingerprint density at radius 1 is 1.47 bits per heavy atom. The van der Waals surface area contributed by atoms with Gasteiger partial charge in [-0.25, -0.2) is 4.98 Å². The number of aromatic nitrogens is 2. The average Bonchev–Trinajstić information content (AvgIpc) is 2.81. The highest BCUT2D eigenvalue weighted by atomic mass is 32.1. The number of nitrogens with zero attached hydrogens (tertiary/aromatic N) is 2. The standard InChI is InChI=1S/C15H16N2OS/c1-9-4-3-5-11(6-9)13-8-16-12-7-14(10(2)18)19-15(12)17-13/h5,7-9H,3-4,6H2,1-2H3. The van der Waals surface area contributed by atoms with Crippen LogP contribution in [0.3, 0.4) is 0 Å². The zero-order chi connectivity index (χ0) is 13.4. The van der Waals surface area contributed by atoms with Crippen molar-refractivity contribution in [3.8, 4) is 0 Å². The molecule has 0 N–H and O–H groups in total. The van der Waals surface area contributed by atoms with Gasteiger partial charge in [0, 0.05) is 0 Å². The van der Waals surface area contributed by atoms with Gasteiger partial charge in [0.15, 0.2) is 5.78 Å². The van der Waals surface area contributed by atoms with Crippen LogP contribution in [-0.4, -0.2) is 15.8 Å². The van der Waals surface area contributed by atoms with E-state index in [-0.39, 0.29) is 5.78 Å². The Kier molecular flexibility index (Phi) is 3.19. The molecule has 0 saturated heterocycles. The molecule has 0 aliphatic heterocycles. The maximum Gasteiger partial charge on any atom is 0.169 e. The Labute approximate surface area is 116 Å². The molecule has 1 aliphatic rings. The molecule has 0 bridgehead atoms. The zero-order valence-corrected chi connectivity index (χ0v) is 12.0. The molecule has 2 aromatic heterocycles. The molecule has 98 valence electrons. The Bertz CT molecular complexity index is 672. The van der Waals surface area contributed by atoms with Crippen molar-refractivity contribution in [3.05, 3.63) is 28.9 Å². The van der Waals surface area contributed by atoms with Crippen LogP contribution in [0.2, 0.25) is 0 Å². The Morgan fingerprint density at radius 2 is 2.32 bits per heavy atom. The molecular formula is C15H16N2OS. The summed E-state index contributed by atoms with van der Waals surface area (Å²) in [5, 5.41) is 0. The molecule has 0 aromatic carbocycles. The molecular weight excluding hydrogens is 256 g/mol. The molecule has 3 rings (SSSR count). The minimum atomic E-state index is 0.0804. The van der Waals surface area contributed by atoms with Gasteiger partial charge in [-0.15, -0.1) is 11.3 Å². The second kappa shape index (κ2) is 4.85. The van der Waals surface area contributed by atoms with E-state index in [4.69, 9.17) is 0 Å². The molecule has 1 unspecified atom stereocenters. The number of rotatable bonds is 2. The maximum absolute atomic E-state index is 11.4. The summed E-state index contributed by atoms with van der Waals surface area (Å²) < 4.78 is 0. The normalized spacial score (nSPS) is 19.5. The van der Waals surface area contributed by atoms with Gasteiger partial charge in [-0.05, 0) is 43.7 Å². The third-order valence-electron chi connectivity index (χ3n) is 3.54. The van der Waals surface area contributed by atoms with Crippen molar-refractivity contribution in [3.63, 3.8) is 0 Å². The van der Waals surface area contributed by atoms with Crippen LogP contribution in [0.4, 0.5) is 0 Å². The molecule has 0 radical (unpaired) electrons. The van der Waals surface area contributed by atoms with Crippen LogP contribution >= 0.6 is 11.3 Å².